The molecule has 150 valence electrons. The third kappa shape index (κ3) is 2.63. The molecule has 0 unspecified atom stereocenters. The number of fused-ring (bicyclic) bond motifs is 9. The van der Waals surface area contributed by atoms with Crippen LogP contribution in [0.3, 0.4) is 0 Å². The number of hydrogen-bond acceptors (Lipinski definition) is 0. The van der Waals surface area contributed by atoms with Crippen LogP contribution in [0.4, 0.5) is 0 Å². The van der Waals surface area contributed by atoms with Gasteiger partial charge < -0.3 is 0 Å². The number of rotatable bonds is 2. The Labute approximate surface area is 187 Å². The summed E-state index contributed by atoms with van der Waals surface area (Å²) < 4.78 is 0. The average molecular weight is 407 g/mol. The Morgan fingerprint density at radius 1 is 0.406 bits per heavy atom. The molecule has 0 amide bonds. The highest BCUT2D eigenvalue weighted by Crippen LogP contribution is 2.43. The Kier molecular flexibility index (Phi) is 3.77. The third-order valence-electron chi connectivity index (χ3n) is 7.06. The van der Waals surface area contributed by atoms with Gasteiger partial charge in [-0.25, -0.2) is 0 Å². The van der Waals surface area contributed by atoms with Gasteiger partial charge in [-0.05, 0) is 90.7 Å². The quantitative estimate of drug-likeness (QED) is 0.253. The van der Waals surface area contributed by atoms with Crippen molar-refractivity contribution in [1.82, 2.24) is 0 Å². The first-order chi connectivity index (χ1) is 15.8. The highest BCUT2D eigenvalue weighted by atomic mass is 14.2. The molecule has 0 heterocycles. The van der Waals surface area contributed by atoms with E-state index in [1.807, 2.05) is 0 Å². The Morgan fingerprint density at radius 3 is 1.66 bits per heavy atom. The van der Waals surface area contributed by atoms with Gasteiger partial charge in [0, 0.05) is 0 Å². The Bertz CT molecular complexity index is 1660. The fraction of sp³-hybridized carbons (Fsp3) is 0.0625. The minimum absolute atomic E-state index is 0.977. The van der Waals surface area contributed by atoms with Crippen molar-refractivity contribution in [2.24, 2.45) is 0 Å². The molecule has 0 aliphatic heterocycles. The summed E-state index contributed by atoms with van der Waals surface area (Å²) in [4.78, 5) is 0. The molecule has 0 fully saturated rings. The molecule has 0 aromatic heterocycles. The Morgan fingerprint density at radius 2 is 0.969 bits per heavy atom. The predicted octanol–water partition coefficient (Wildman–Crippen LogP) is 8.31. The smallest absolute Gasteiger partial charge is 0.00132 e. The molecule has 0 heteroatoms. The first-order valence-corrected chi connectivity index (χ1v) is 11.4. The maximum Gasteiger partial charge on any atom is -0.00132 e. The normalized spacial score (nSPS) is 12.4. The molecule has 0 nitrogen and oxygen atoms in total. The molecule has 0 N–H and O–H groups in total. The summed E-state index contributed by atoms with van der Waals surface area (Å²) in [5, 5.41) is 8.11. The molecular formula is C32H22. The molecule has 0 saturated carbocycles. The highest BCUT2D eigenvalue weighted by molar-refractivity contribution is 6.26. The standard InChI is InChI=1S/C32H22/c1-2-8-21(9-3-1)16-22-14-15-23-18-24-19-31-27-12-6-4-10-25(27)26-11-5-7-13-28(26)32(31)20-30(24)29(23)17-22/h1-15,17,19-20H,16,18H2. The molecule has 1 aliphatic carbocycles. The lowest BCUT2D eigenvalue weighted by atomic mass is 9.91. The van der Waals surface area contributed by atoms with Crippen LogP contribution in [0.25, 0.3) is 43.4 Å². The van der Waals surface area contributed by atoms with Crippen LogP contribution in [0.2, 0.25) is 0 Å². The molecule has 0 spiro atoms. The fourth-order valence-electron chi connectivity index (χ4n) is 5.57. The predicted molar refractivity (Wildman–Crippen MR) is 136 cm³/mol. The van der Waals surface area contributed by atoms with Crippen LogP contribution in [0.5, 0.6) is 0 Å². The van der Waals surface area contributed by atoms with E-state index in [-0.39, 0.29) is 0 Å². The summed E-state index contributed by atoms with van der Waals surface area (Å²) in [6, 6.07) is 40.4. The summed E-state index contributed by atoms with van der Waals surface area (Å²) in [5.74, 6) is 0. The van der Waals surface area contributed by atoms with Crippen molar-refractivity contribution in [3.8, 4) is 11.1 Å². The van der Waals surface area contributed by atoms with Crippen LogP contribution < -0.4 is 0 Å². The van der Waals surface area contributed by atoms with Gasteiger partial charge >= 0.3 is 0 Å². The second-order valence-electron chi connectivity index (χ2n) is 8.98. The van der Waals surface area contributed by atoms with Crippen LogP contribution in [0, 0.1) is 0 Å². The van der Waals surface area contributed by atoms with Crippen LogP contribution >= 0.6 is 0 Å². The van der Waals surface area contributed by atoms with Crippen molar-refractivity contribution in [2.45, 2.75) is 12.8 Å². The van der Waals surface area contributed by atoms with Gasteiger partial charge in [0.25, 0.3) is 0 Å². The van der Waals surface area contributed by atoms with Crippen molar-refractivity contribution in [1.29, 1.82) is 0 Å². The van der Waals surface area contributed by atoms with E-state index < -0.39 is 0 Å². The average Bonchev–Trinajstić information content (AvgIpc) is 3.21. The van der Waals surface area contributed by atoms with Gasteiger partial charge in [-0.15, -0.1) is 0 Å². The van der Waals surface area contributed by atoms with Gasteiger partial charge in [-0.3, -0.25) is 0 Å². The largest absolute Gasteiger partial charge is 0.0622 e. The second-order valence-corrected chi connectivity index (χ2v) is 8.98. The molecule has 6 aromatic rings. The SMILES string of the molecule is c1ccc(Cc2ccc3c(c2)-c2cc4c5ccccc5c5ccccc5c4cc2C3)cc1. The number of benzene rings is 6. The summed E-state index contributed by atoms with van der Waals surface area (Å²) in [6.45, 7) is 0. The van der Waals surface area contributed by atoms with Gasteiger partial charge in [0.05, 0.1) is 0 Å². The van der Waals surface area contributed by atoms with E-state index in [2.05, 4.69) is 109 Å². The lowest BCUT2D eigenvalue weighted by Crippen LogP contribution is -1.89. The van der Waals surface area contributed by atoms with E-state index in [9.17, 15) is 0 Å². The summed E-state index contributed by atoms with van der Waals surface area (Å²) in [5.41, 5.74) is 8.45. The van der Waals surface area contributed by atoms with Crippen molar-refractivity contribution in [3.63, 3.8) is 0 Å². The highest BCUT2D eigenvalue weighted by Gasteiger charge is 2.21. The Balaban J connectivity index is 1.47. The second kappa shape index (κ2) is 6.80. The van der Waals surface area contributed by atoms with Gasteiger partial charge in [0.2, 0.25) is 0 Å². The van der Waals surface area contributed by atoms with E-state index >= 15 is 0 Å². The van der Waals surface area contributed by atoms with Crippen molar-refractivity contribution < 1.29 is 0 Å². The van der Waals surface area contributed by atoms with Crippen LogP contribution in [0.15, 0.2) is 109 Å². The minimum Gasteiger partial charge on any atom is -0.0622 e. The van der Waals surface area contributed by atoms with E-state index in [0.717, 1.165) is 12.8 Å². The fourth-order valence-corrected chi connectivity index (χ4v) is 5.57. The first-order valence-electron chi connectivity index (χ1n) is 11.4. The van der Waals surface area contributed by atoms with Crippen LogP contribution in [-0.2, 0) is 12.8 Å². The Hall–Kier alpha value is -3.90. The maximum absolute atomic E-state index is 2.46. The van der Waals surface area contributed by atoms with Crippen molar-refractivity contribution in [3.05, 3.63) is 131 Å². The lowest BCUT2D eigenvalue weighted by Gasteiger charge is -2.13. The summed E-state index contributed by atoms with van der Waals surface area (Å²) in [7, 11) is 0. The molecule has 0 radical (unpaired) electrons. The van der Waals surface area contributed by atoms with Crippen LogP contribution in [-0.4, -0.2) is 0 Å². The molecule has 1 aliphatic rings. The van der Waals surface area contributed by atoms with Gasteiger partial charge in [0.1, 0.15) is 0 Å². The lowest BCUT2D eigenvalue weighted by molar-refractivity contribution is 1.18. The third-order valence-corrected chi connectivity index (χ3v) is 7.06. The zero-order valence-electron chi connectivity index (χ0n) is 17.8. The molecule has 0 saturated heterocycles. The van der Waals surface area contributed by atoms with Crippen molar-refractivity contribution >= 4 is 32.3 Å². The topological polar surface area (TPSA) is 0 Å². The van der Waals surface area contributed by atoms with E-state index in [0.29, 0.717) is 0 Å². The molecule has 7 rings (SSSR count). The van der Waals surface area contributed by atoms with E-state index in [1.54, 1.807) is 0 Å². The van der Waals surface area contributed by atoms with E-state index in [4.69, 9.17) is 0 Å². The molecule has 0 atom stereocenters. The van der Waals surface area contributed by atoms with Crippen molar-refractivity contribution in [2.75, 3.05) is 0 Å². The van der Waals surface area contributed by atoms with Gasteiger partial charge in [-0.1, -0.05) is 97.1 Å². The molecule has 0 bridgehead atoms. The maximum atomic E-state index is 2.46. The van der Waals surface area contributed by atoms with Gasteiger partial charge in [-0.2, -0.15) is 0 Å². The first kappa shape index (κ1) is 17.7. The molecular weight excluding hydrogens is 384 g/mol. The summed E-state index contributed by atoms with van der Waals surface area (Å²) in [6.07, 6.45) is 2.00. The zero-order chi connectivity index (χ0) is 21.1. The van der Waals surface area contributed by atoms with Gasteiger partial charge in [0.15, 0.2) is 0 Å². The number of hydrogen-bond donors (Lipinski definition) is 0. The minimum atomic E-state index is 0.977. The zero-order valence-corrected chi connectivity index (χ0v) is 17.8. The van der Waals surface area contributed by atoms with E-state index in [1.165, 1.54) is 65.7 Å². The van der Waals surface area contributed by atoms with Crippen LogP contribution in [0.1, 0.15) is 22.3 Å². The molecule has 6 aromatic carbocycles. The molecule has 32 heavy (non-hydrogen) atoms. The summed E-state index contributed by atoms with van der Waals surface area (Å²) >= 11 is 0. The monoisotopic (exact) mass is 406 g/mol.